The number of halogens is 1. The molecule has 0 aliphatic heterocycles. The Morgan fingerprint density at radius 1 is 1.17 bits per heavy atom. The van der Waals surface area contributed by atoms with E-state index in [0.29, 0.717) is 17.6 Å². The van der Waals surface area contributed by atoms with Crippen molar-refractivity contribution in [1.29, 1.82) is 0 Å². The molecule has 5 nitrogen and oxygen atoms in total. The van der Waals surface area contributed by atoms with Crippen LogP contribution in [0.3, 0.4) is 0 Å². The molecule has 18 heavy (non-hydrogen) atoms. The maximum absolute atomic E-state index is 5.75. The molecule has 0 atom stereocenters. The Hall–Kier alpha value is -1.82. The van der Waals surface area contributed by atoms with Gasteiger partial charge in [-0.15, -0.1) is 0 Å². The van der Waals surface area contributed by atoms with Gasteiger partial charge in [0.1, 0.15) is 11.6 Å². The lowest BCUT2D eigenvalue weighted by Crippen LogP contribution is -2.14. The minimum Gasteiger partial charge on any atom is -0.383 e. The molecule has 6 heteroatoms. The molecule has 1 heterocycles. The molecule has 0 spiro atoms. The van der Waals surface area contributed by atoms with Gasteiger partial charge in [0.05, 0.1) is 0 Å². The first-order valence-corrected chi connectivity index (χ1v) is 6.18. The standard InChI is InChI=1S/C12H14BrN5/c1-18(2)12-16-10(14)7-11(17-12)15-9-5-3-8(13)4-6-9/h3-7H,1-2H3,(H3,14,15,16,17). The first kappa shape index (κ1) is 12.6. The van der Waals surface area contributed by atoms with Crippen molar-refractivity contribution in [3.8, 4) is 0 Å². The molecule has 0 aliphatic carbocycles. The highest BCUT2D eigenvalue weighted by Crippen LogP contribution is 2.20. The van der Waals surface area contributed by atoms with Gasteiger partial charge in [-0.1, -0.05) is 15.9 Å². The van der Waals surface area contributed by atoms with E-state index in [1.807, 2.05) is 43.3 Å². The van der Waals surface area contributed by atoms with Crippen molar-refractivity contribution >= 4 is 39.2 Å². The van der Waals surface area contributed by atoms with Crippen LogP contribution in [0.2, 0.25) is 0 Å². The van der Waals surface area contributed by atoms with Gasteiger partial charge in [0.15, 0.2) is 0 Å². The second-order valence-electron chi connectivity index (χ2n) is 4.00. The topological polar surface area (TPSA) is 67.1 Å². The summed E-state index contributed by atoms with van der Waals surface area (Å²) in [5.74, 6) is 1.69. The second kappa shape index (κ2) is 5.22. The number of nitrogens with one attached hydrogen (secondary N) is 1. The van der Waals surface area contributed by atoms with Crippen molar-refractivity contribution < 1.29 is 0 Å². The van der Waals surface area contributed by atoms with E-state index in [-0.39, 0.29) is 0 Å². The van der Waals surface area contributed by atoms with E-state index in [4.69, 9.17) is 5.73 Å². The van der Waals surface area contributed by atoms with Crippen LogP contribution in [0, 0.1) is 0 Å². The Bertz CT molecular complexity index is 539. The van der Waals surface area contributed by atoms with E-state index in [9.17, 15) is 0 Å². The average molecular weight is 308 g/mol. The number of nitrogen functional groups attached to an aromatic ring is 1. The molecule has 0 radical (unpaired) electrons. The summed E-state index contributed by atoms with van der Waals surface area (Å²) >= 11 is 3.39. The van der Waals surface area contributed by atoms with Crippen molar-refractivity contribution in [2.24, 2.45) is 0 Å². The summed E-state index contributed by atoms with van der Waals surface area (Å²) in [7, 11) is 3.75. The lowest BCUT2D eigenvalue weighted by Gasteiger charge is -2.13. The zero-order valence-electron chi connectivity index (χ0n) is 10.2. The Morgan fingerprint density at radius 2 is 1.83 bits per heavy atom. The Labute approximate surface area is 114 Å². The normalized spacial score (nSPS) is 10.2. The van der Waals surface area contributed by atoms with Crippen LogP contribution in [0.25, 0.3) is 0 Å². The van der Waals surface area contributed by atoms with E-state index in [1.54, 1.807) is 6.07 Å². The molecular weight excluding hydrogens is 294 g/mol. The highest BCUT2D eigenvalue weighted by molar-refractivity contribution is 9.10. The van der Waals surface area contributed by atoms with Gasteiger partial charge in [-0.25, -0.2) is 0 Å². The molecule has 3 N–H and O–H groups in total. The van der Waals surface area contributed by atoms with Crippen molar-refractivity contribution in [2.75, 3.05) is 30.0 Å². The maximum Gasteiger partial charge on any atom is 0.228 e. The molecule has 0 amide bonds. The maximum atomic E-state index is 5.75. The molecular formula is C12H14BrN5. The molecule has 0 aliphatic rings. The number of benzene rings is 1. The largest absolute Gasteiger partial charge is 0.383 e. The predicted octanol–water partition coefficient (Wildman–Crippen LogP) is 2.63. The number of hydrogen-bond donors (Lipinski definition) is 2. The van der Waals surface area contributed by atoms with Gasteiger partial charge in [0.25, 0.3) is 0 Å². The molecule has 2 aromatic rings. The fourth-order valence-electron chi connectivity index (χ4n) is 1.40. The summed E-state index contributed by atoms with van der Waals surface area (Å²) in [5, 5.41) is 3.19. The smallest absolute Gasteiger partial charge is 0.228 e. The summed E-state index contributed by atoms with van der Waals surface area (Å²) in [6, 6.07) is 9.53. The van der Waals surface area contributed by atoms with Crippen molar-refractivity contribution in [3.63, 3.8) is 0 Å². The number of aromatic nitrogens is 2. The second-order valence-corrected chi connectivity index (χ2v) is 4.92. The van der Waals surface area contributed by atoms with E-state index < -0.39 is 0 Å². The SMILES string of the molecule is CN(C)c1nc(N)cc(Nc2ccc(Br)cc2)n1. The molecule has 0 fully saturated rings. The van der Waals surface area contributed by atoms with Crippen LogP contribution in [-0.2, 0) is 0 Å². The molecule has 2 rings (SSSR count). The van der Waals surface area contributed by atoms with Crippen LogP contribution in [0.15, 0.2) is 34.8 Å². The number of nitrogens with two attached hydrogens (primary N) is 1. The van der Waals surface area contributed by atoms with Crippen LogP contribution >= 0.6 is 15.9 Å². The highest BCUT2D eigenvalue weighted by Gasteiger charge is 2.04. The minimum atomic E-state index is 0.438. The van der Waals surface area contributed by atoms with Crippen molar-refractivity contribution in [3.05, 3.63) is 34.8 Å². The quantitative estimate of drug-likeness (QED) is 0.912. The van der Waals surface area contributed by atoms with Crippen molar-refractivity contribution in [1.82, 2.24) is 9.97 Å². The fraction of sp³-hybridized carbons (Fsp3) is 0.167. The fourth-order valence-corrected chi connectivity index (χ4v) is 1.66. The molecule has 1 aromatic heterocycles. The predicted molar refractivity (Wildman–Crippen MR) is 78.2 cm³/mol. The number of hydrogen-bond acceptors (Lipinski definition) is 5. The molecule has 94 valence electrons. The van der Waals surface area contributed by atoms with E-state index in [2.05, 4.69) is 31.2 Å². The summed E-state index contributed by atoms with van der Waals surface area (Å²) in [4.78, 5) is 10.3. The Kier molecular flexibility index (Phi) is 3.66. The van der Waals surface area contributed by atoms with E-state index >= 15 is 0 Å². The third kappa shape index (κ3) is 3.10. The summed E-state index contributed by atoms with van der Waals surface area (Å²) in [5.41, 5.74) is 6.70. The summed E-state index contributed by atoms with van der Waals surface area (Å²) in [6.07, 6.45) is 0. The average Bonchev–Trinajstić information content (AvgIpc) is 2.31. The third-order valence-electron chi connectivity index (χ3n) is 2.25. The van der Waals surface area contributed by atoms with Crippen LogP contribution in [0.5, 0.6) is 0 Å². The number of anilines is 4. The Balaban J connectivity index is 2.26. The van der Waals surface area contributed by atoms with Crippen LogP contribution in [0.4, 0.5) is 23.3 Å². The molecule has 0 saturated heterocycles. The van der Waals surface area contributed by atoms with Gasteiger partial charge in [0, 0.05) is 30.3 Å². The van der Waals surface area contributed by atoms with Gasteiger partial charge in [0.2, 0.25) is 5.95 Å². The van der Waals surface area contributed by atoms with Gasteiger partial charge >= 0.3 is 0 Å². The van der Waals surface area contributed by atoms with Crippen LogP contribution in [0.1, 0.15) is 0 Å². The summed E-state index contributed by atoms with van der Waals surface area (Å²) < 4.78 is 1.03. The first-order chi connectivity index (χ1) is 8.54. The van der Waals surface area contributed by atoms with Gasteiger partial charge in [-0.2, -0.15) is 9.97 Å². The Morgan fingerprint density at radius 3 is 2.44 bits per heavy atom. The first-order valence-electron chi connectivity index (χ1n) is 5.39. The molecule has 0 unspecified atom stereocenters. The molecule has 1 aromatic carbocycles. The molecule has 0 bridgehead atoms. The highest BCUT2D eigenvalue weighted by atomic mass is 79.9. The molecule has 0 saturated carbocycles. The lowest BCUT2D eigenvalue weighted by molar-refractivity contribution is 1.01. The van der Waals surface area contributed by atoms with Crippen molar-refractivity contribution in [2.45, 2.75) is 0 Å². The van der Waals surface area contributed by atoms with Gasteiger partial charge < -0.3 is 16.0 Å². The van der Waals surface area contributed by atoms with E-state index in [0.717, 1.165) is 10.2 Å². The van der Waals surface area contributed by atoms with Crippen LogP contribution < -0.4 is 16.0 Å². The van der Waals surface area contributed by atoms with Crippen LogP contribution in [-0.4, -0.2) is 24.1 Å². The zero-order chi connectivity index (χ0) is 13.1. The van der Waals surface area contributed by atoms with Gasteiger partial charge in [-0.3, -0.25) is 0 Å². The minimum absolute atomic E-state index is 0.438. The van der Waals surface area contributed by atoms with Gasteiger partial charge in [-0.05, 0) is 24.3 Å². The lowest BCUT2D eigenvalue weighted by atomic mass is 10.3. The summed E-state index contributed by atoms with van der Waals surface area (Å²) in [6.45, 7) is 0. The monoisotopic (exact) mass is 307 g/mol. The third-order valence-corrected chi connectivity index (χ3v) is 2.78. The number of nitrogens with zero attached hydrogens (tertiary/aromatic N) is 3. The zero-order valence-corrected chi connectivity index (χ0v) is 11.8. The number of rotatable bonds is 3. The van der Waals surface area contributed by atoms with E-state index in [1.165, 1.54) is 0 Å².